The summed E-state index contributed by atoms with van der Waals surface area (Å²) in [5, 5.41) is 13.6. The Morgan fingerprint density at radius 3 is 1.62 bits per heavy atom. The van der Waals surface area contributed by atoms with Gasteiger partial charge in [0.1, 0.15) is 0 Å². The molecule has 0 radical (unpaired) electrons. The lowest BCUT2D eigenvalue weighted by Crippen LogP contribution is -2.45. The van der Waals surface area contributed by atoms with Crippen LogP contribution in [-0.2, 0) is 18.4 Å². The van der Waals surface area contributed by atoms with Crippen molar-refractivity contribution in [2.24, 2.45) is 5.73 Å². The van der Waals surface area contributed by atoms with Crippen LogP contribution in [0.15, 0.2) is 97.2 Å². The van der Waals surface area contributed by atoms with Gasteiger partial charge in [-0.1, -0.05) is 162 Å². The fraction of sp³-hybridized carbons (Fsp3) is 0.630. The minimum Gasteiger partial charge on any atom is -0.387 e. The van der Waals surface area contributed by atoms with Gasteiger partial charge in [-0.15, -0.1) is 0 Å². The second kappa shape index (κ2) is 41.1. The Bertz CT molecular complexity index is 1170. The number of phosphoric ester groups is 1. The minimum absolute atomic E-state index is 0.0638. The van der Waals surface area contributed by atoms with Gasteiger partial charge in [-0.25, -0.2) is 4.57 Å². The van der Waals surface area contributed by atoms with Crippen LogP contribution in [0, 0.1) is 0 Å². The highest BCUT2D eigenvalue weighted by molar-refractivity contribution is 7.47. The number of rotatable bonds is 38. The molecule has 0 aliphatic heterocycles. The molecular formula is C46H79N2O6P. The van der Waals surface area contributed by atoms with Crippen LogP contribution in [0.4, 0.5) is 0 Å². The first-order valence-electron chi connectivity index (χ1n) is 21.4. The molecule has 8 nitrogen and oxygen atoms in total. The molecule has 9 heteroatoms. The van der Waals surface area contributed by atoms with Crippen LogP contribution in [0.1, 0.15) is 155 Å². The maximum Gasteiger partial charge on any atom is 0.472 e. The van der Waals surface area contributed by atoms with E-state index in [-0.39, 0.29) is 25.7 Å². The Morgan fingerprint density at radius 1 is 0.618 bits per heavy atom. The van der Waals surface area contributed by atoms with E-state index in [0.29, 0.717) is 6.42 Å². The number of carbonyl (C=O) groups excluding carboxylic acids is 1. The van der Waals surface area contributed by atoms with Crippen LogP contribution in [0.3, 0.4) is 0 Å². The van der Waals surface area contributed by atoms with E-state index in [1.807, 2.05) is 6.08 Å². The average Bonchev–Trinajstić information content (AvgIpc) is 3.17. The predicted molar refractivity (Wildman–Crippen MR) is 235 cm³/mol. The van der Waals surface area contributed by atoms with E-state index in [4.69, 9.17) is 14.8 Å². The molecule has 0 spiro atoms. The molecule has 0 bridgehead atoms. The van der Waals surface area contributed by atoms with Gasteiger partial charge in [-0.05, 0) is 83.5 Å². The molecule has 0 aromatic heterocycles. The van der Waals surface area contributed by atoms with E-state index in [9.17, 15) is 19.4 Å². The molecule has 3 atom stereocenters. The SMILES string of the molecule is CC/C=C\C/C=C\C/C=C\C/C=C\C/C=C\C/C=C\CCCCCCC(=O)NC(COP(=O)(O)OCCN)C(O)/C=C/CC/C=C/CCCCCCCCC. The highest BCUT2D eigenvalue weighted by atomic mass is 31.2. The normalized spacial score (nSPS) is 15.1. The summed E-state index contributed by atoms with van der Waals surface area (Å²) in [4.78, 5) is 22.7. The first kappa shape index (κ1) is 52.4. The second-order valence-corrected chi connectivity index (χ2v) is 15.3. The number of allylic oxidation sites excluding steroid dienone is 15. The Labute approximate surface area is 336 Å². The summed E-state index contributed by atoms with van der Waals surface area (Å²) in [6.07, 6.45) is 56.0. The Morgan fingerprint density at radius 2 is 1.07 bits per heavy atom. The third-order valence-corrected chi connectivity index (χ3v) is 9.63. The molecule has 0 saturated heterocycles. The molecule has 1 amide bonds. The number of hydrogen-bond donors (Lipinski definition) is 4. The molecular weight excluding hydrogens is 707 g/mol. The zero-order valence-electron chi connectivity index (χ0n) is 34.6. The largest absolute Gasteiger partial charge is 0.472 e. The van der Waals surface area contributed by atoms with Crippen LogP contribution in [0.2, 0.25) is 0 Å². The number of nitrogens with one attached hydrogen (secondary N) is 1. The smallest absolute Gasteiger partial charge is 0.387 e. The maximum atomic E-state index is 12.7. The van der Waals surface area contributed by atoms with E-state index >= 15 is 0 Å². The van der Waals surface area contributed by atoms with E-state index in [1.165, 1.54) is 44.9 Å². The third-order valence-electron chi connectivity index (χ3n) is 8.64. The molecule has 314 valence electrons. The fourth-order valence-corrected chi connectivity index (χ4v) is 6.20. The van der Waals surface area contributed by atoms with E-state index in [0.717, 1.165) is 89.9 Å². The predicted octanol–water partition coefficient (Wildman–Crippen LogP) is 12.0. The summed E-state index contributed by atoms with van der Waals surface area (Å²) >= 11 is 0. The number of carbonyl (C=O) groups is 1. The van der Waals surface area contributed by atoms with E-state index < -0.39 is 20.0 Å². The van der Waals surface area contributed by atoms with E-state index in [1.54, 1.807) is 6.08 Å². The lowest BCUT2D eigenvalue weighted by molar-refractivity contribution is -0.123. The summed E-state index contributed by atoms with van der Waals surface area (Å²) in [7, 11) is -4.36. The summed E-state index contributed by atoms with van der Waals surface area (Å²) in [5.74, 6) is -0.234. The summed E-state index contributed by atoms with van der Waals surface area (Å²) in [5.41, 5.74) is 5.36. The Hall–Kier alpha value is -2.58. The van der Waals surface area contributed by atoms with Gasteiger partial charge in [0.2, 0.25) is 5.91 Å². The number of hydrogen-bond acceptors (Lipinski definition) is 6. The first-order chi connectivity index (χ1) is 26.9. The topological polar surface area (TPSA) is 131 Å². The quantitative estimate of drug-likeness (QED) is 0.0278. The van der Waals surface area contributed by atoms with Gasteiger partial charge in [-0.3, -0.25) is 13.8 Å². The summed E-state index contributed by atoms with van der Waals surface area (Å²) in [6, 6.07) is -0.897. The average molecular weight is 787 g/mol. The first-order valence-corrected chi connectivity index (χ1v) is 22.9. The standard InChI is InChI=1S/C46H79N2O6P/c1-3-5-7-9-11-13-15-17-18-19-20-21-22-23-24-25-26-28-30-32-34-36-38-40-46(50)48-44(43-54-55(51,52)53-42-41-47)45(49)39-37-35-33-31-29-27-16-14-12-10-8-6-4-2/h5,7,11,13,17-18,20-21,23-24,26,28-29,31,37,39,44-45,49H,3-4,6,8-10,12,14-16,19,22,25,27,30,32-36,38,40-43,47H2,1-2H3,(H,48,50)(H,51,52)/b7-5-,13-11-,18-17-,21-20-,24-23-,28-26-,31-29+,39-37+. The summed E-state index contributed by atoms with van der Waals surface area (Å²) < 4.78 is 22.1. The molecule has 55 heavy (non-hydrogen) atoms. The van der Waals surface area contributed by atoms with Gasteiger partial charge in [0.05, 0.1) is 25.4 Å². The molecule has 0 fully saturated rings. The van der Waals surface area contributed by atoms with Crippen LogP contribution < -0.4 is 11.1 Å². The van der Waals surface area contributed by atoms with Crippen molar-refractivity contribution in [2.45, 2.75) is 167 Å². The van der Waals surface area contributed by atoms with Crippen molar-refractivity contribution in [2.75, 3.05) is 19.8 Å². The molecule has 0 saturated carbocycles. The molecule has 3 unspecified atom stereocenters. The fourth-order valence-electron chi connectivity index (χ4n) is 5.44. The number of phosphoric acid groups is 1. The minimum atomic E-state index is -4.36. The molecule has 0 heterocycles. The molecule has 0 aromatic carbocycles. The lowest BCUT2D eigenvalue weighted by atomic mass is 10.1. The molecule has 0 aliphatic carbocycles. The van der Waals surface area contributed by atoms with Gasteiger partial charge in [0.25, 0.3) is 0 Å². The lowest BCUT2D eigenvalue weighted by Gasteiger charge is -2.23. The van der Waals surface area contributed by atoms with Crippen molar-refractivity contribution in [3.8, 4) is 0 Å². The highest BCUT2D eigenvalue weighted by Crippen LogP contribution is 2.43. The Balaban J connectivity index is 4.32. The van der Waals surface area contributed by atoms with Crippen molar-refractivity contribution in [3.63, 3.8) is 0 Å². The van der Waals surface area contributed by atoms with Crippen molar-refractivity contribution < 1.29 is 28.4 Å². The van der Waals surface area contributed by atoms with Gasteiger partial charge in [0.15, 0.2) is 0 Å². The highest BCUT2D eigenvalue weighted by Gasteiger charge is 2.26. The van der Waals surface area contributed by atoms with Gasteiger partial charge in [0, 0.05) is 13.0 Å². The number of amides is 1. The van der Waals surface area contributed by atoms with Crippen molar-refractivity contribution >= 4 is 13.7 Å². The van der Waals surface area contributed by atoms with Crippen molar-refractivity contribution in [1.82, 2.24) is 5.32 Å². The molecule has 0 aromatic rings. The third kappa shape index (κ3) is 39.5. The number of unbranched alkanes of at least 4 members (excludes halogenated alkanes) is 12. The van der Waals surface area contributed by atoms with Crippen LogP contribution in [0.25, 0.3) is 0 Å². The van der Waals surface area contributed by atoms with Crippen molar-refractivity contribution in [3.05, 3.63) is 97.2 Å². The molecule has 0 rings (SSSR count). The number of aliphatic hydroxyl groups is 1. The zero-order chi connectivity index (χ0) is 40.3. The molecule has 5 N–H and O–H groups in total. The number of aliphatic hydroxyl groups excluding tert-OH is 1. The Kier molecular flexibility index (Phi) is 39.1. The monoisotopic (exact) mass is 787 g/mol. The zero-order valence-corrected chi connectivity index (χ0v) is 35.5. The second-order valence-electron chi connectivity index (χ2n) is 13.8. The van der Waals surface area contributed by atoms with Crippen LogP contribution in [-0.4, -0.2) is 47.8 Å². The maximum absolute atomic E-state index is 12.7. The van der Waals surface area contributed by atoms with Gasteiger partial charge >= 0.3 is 7.82 Å². The van der Waals surface area contributed by atoms with Crippen LogP contribution >= 0.6 is 7.82 Å². The van der Waals surface area contributed by atoms with Gasteiger partial charge < -0.3 is 21.1 Å². The van der Waals surface area contributed by atoms with E-state index in [2.05, 4.69) is 104 Å². The van der Waals surface area contributed by atoms with Crippen LogP contribution in [0.5, 0.6) is 0 Å². The van der Waals surface area contributed by atoms with Gasteiger partial charge in [-0.2, -0.15) is 0 Å². The number of nitrogens with two attached hydrogens (primary N) is 1. The van der Waals surface area contributed by atoms with Crippen molar-refractivity contribution in [1.29, 1.82) is 0 Å². The molecule has 0 aliphatic rings. The summed E-state index contributed by atoms with van der Waals surface area (Å²) in [6.45, 7) is 3.94.